The molecule has 2 unspecified atom stereocenters. The first-order chi connectivity index (χ1) is 18.8. The summed E-state index contributed by atoms with van der Waals surface area (Å²) in [7, 11) is -4.05. The average Bonchev–Trinajstić information content (AvgIpc) is 2.95. The second-order valence-corrected chi connectivity index (χ2v) is 10.9. The van der Waals surface area contributed by atoms with E-state index in [0.29, 0.717) is 33.4 Å². The van der Waals surface area contributed by atoms with Crippen molar-refractivity contribution in [3.8, 4) is 12.1 Å². The quantitative estimate of drug-likeness (QED) is 0.236. The van der Waals surface area contributed by atoms with Gasteiger partial charge in [0.2, 0.25) is 0 Å². The Morgan fingerprint density at radius 1 is 0.564 bits per heavy atom. The first-order valence-electron chi connectivity index (χ1n) is 11.9. The Balaban J connectivity index is 1.83. The molecule has 4 aromatic rings. The van der Waals surface area contributed by atoms with Crippen LogP contribution >= 0.6 is 0 Å². The number of nitriles is 2. The molecule has 0 saturated heterocycles. The molecule has 0 amide bonds. The van der Waals surface area contributed by atoms with Crippen molar-refractivity contribution in [3.63, 3.8) is 0 Å². The summed E-state index contributed by atoms with van der Waals surface area (Å²) in [5.74, 6) is -0.814. The highest BCUT2D eigenvalue weighted by Crippen LogP contribution is 2.37. The van der Waals surface area contributed by atoms with E-state index in [-0.39, 0.29) is 0 Å². The summed E-state index contributed by atoms with van der Waals surface area (Å²) in [6.45, 7) is 0. The Morgan fingerprint density at radius 3 is 1.21 bits per heavy atom. The fourth-order valence-corrected chi connectivity index (χ4v) is 6.00. The predicted molar refractivity (Wildman–Crippen MR) is 148 cm³/mol. The highest BCUT2D eigenvalue weighted by molar-refractivity contribution is 7.92. The number of hydrogen-bond donors (Lipinski definition) is 0. The summed E-state index contributed by atoms with van der Waals surface area (Å²) in [6, 6.07) is 28.0. The lowest BCUT2D eigenvalue weighted by molar-refractivity contribution is 0.584. The molecule has 0 aliphatic carbocycles. The zero-order valence-electron chi connectivity index (χ0n) is 20.6. The molecular weight excluding hydrogens is 514 g/mol. The number of benzene rings is 4. The molecule has 0 aromatic heterocycles. The lowest BCUT2D eigenvalue weighted by Crippen LogP contribution is -2.19. The van der Waals surface area contributed by atoms with E-state index >= 15 is 0 Å². The highest BCUT2D eigenvalue weighted by atomic mass is 32.2. The Morgan fingerprint density at radius 2 is 0.897 bits per heavy atom. The molecule has 0 heterocycles. The average molecular weight is 537 g/mol. The Kier molecular flexibility index (Phi) is 8.46. The lowest BCUT2D eigenvalue weighted by atomic mass is 10.1. The fraction of sp³-hybridized carbons (Fsp3) is 0.0625. The van der Waals surface area contributed by atoms with E-state index < -0.39 is 32.0 Å². The third-order valence-corrected chi connectivity index (χ3v) is 8.39. The van der Waals surface area contributed by atoms with E-state index in [1.165, 1.54) is 36.4 Å². The molecule has 0 spiro atoms. The summed E-state index contributed by atoms with van der Waals surface area (Å²) in [4.78, 5) is 0. The van der Waals surface area contributed by atoms with Crippen LogP contribution in [0, 0.1) is 34.3 Å². The van der Waals surface area contributed by atoms with Crippen LogP contribution < -0.4 is 0 Å². The van der Waals surface area contributed by atoms with Gasteiger partial charge in [-0.3, -0.25) is 0 Å². The van der Waals surface area contributed by atoms with Crippen LogP contribution in [-0.4, -0.2) is 8.42 Å². The van der Waals surface area contributed by atoms with Gasteiger partial charge in [0, 0.05) is 0 Å². The highest BCUT2D eigenvalue weighted by Gasteiger charge is 2.33. The molecule has 192 valence electrons. The topological polar surface area (TPSA) is 81.7 Å². The third-order valence-electron chi connectivity index (χ3n) is 6.11. The van der Waals surface area contributed by atoms with Crippen molar-refractivity contribution in [3.05, 3.63) is 154 Å². The molecule has 4 aromatic carbocycles. The van der Waals surface area contributed by atoms with Crippen LogP contribution in [0.1, 0.15) is 43.9 Å². The molecular formula is C32H22F2N2O2S. The van der Waals surface area contributed by atoms with Crippen molar-refractivity contribution in [1.29, 1.82) is 10.5 Å². The van der Waals surface area contributed by atoms with Crippen molar-refractivity contribution in [2.45, 2.75) is 10.5 Å². The fourth-order valence-electron chi connectivity index (χ4n) is 4.02. The van der Waals surface area contributed by atoms with Gasteiger partial charge in [0.1, 0.15) is 22.1 Å². The second kappa shape index (κ2) is 12.1. The van der Waals surface area contributed by atoms with E-state index in [2.05, 4.69) is 0 Å². The Hall–Kier alpha value is -4.85. The Labute approximate surface area is 226 Å². The first kappa shape index (κ1) is 27.2. The molecule has 0 saturated carbocycles. The summed E-state index contributed by atoms with van der Waals surface area (Å²) >= 11 is 0. The predicted octanol–water partition coefficient (Wildman–Crippen LogP) is 7.33. The van der Waals surface area contributed by atoms with Crippen LogP contribution in [0.2, 0.25) is 0 Å². The summed E-state index contributed by atoms with van der Waals surface area (Å²) in [5.41, 5.74) is 2.89. The molecule has 0 aliphatic rings. The van der Waals surface area contributed by atoms with Crippen LogP contribution in [0.4, 0.5) is 8.78 Å². The number of nitrogens with zero attached hydrogens (tertiary/aromatic N) is 2. The molecule has 0 fully saturated rings. The van der Waals surface area contributed by atoms with E-state index in [9.17, 15) is 27.7 Å². The van der Waals surface area contributed by atoms with Gasteiger partial charge >= 0.3 is 0 Å². The van der Waals surface area contributed by atoms with Gasteiger partial charge in [-0.15, -0.1) is 0 Å². The van der Waals surface area contributed by atoms with Crippen molar-refractivity contribution < 1.29 is 17.2 Å². The molecule has 0 aliphatic heterocycles. The number of halogens is 2. The second-order valence-electron chi connectivity index (χ2n) is 8.72. The van der Waals surface area contributed by atoms with Crippen LogP contribution in [-0.2, 0) is 9.84 Å². The molecule has 4 nitrogen and oxygen atoms in total. The van der Waals surface area contributed by atoms with Crippen LogP contribution in [0.25, 0.3) is 12.2 Å². The zero-order valence-corrected chi connectivity index (χ0v) is 21.4. The van der Waals surface area contributed by atoms with Crippen LogP contribution in [0.3, 0.4) is 0 Å². The molecule has 2 atom stereocenters. The number of hydrogen-bond acceptors (Lipinski definition) is 4. The zero-order chi connectivity index (χ0) is 27.8. The van der Waals surface area contributed by atoms with E-state index in [1.54, 1.807) is 84.9 Å². The molecule has 4 rings (SSSR count). The monoisotopic (exact) mass is 536 g/mol. The summed E-state index contributed by atoms with van der Waals surface area (Å²) < 4.78 is 55.5. The number of sulfone groups is 1. The van der Waals surface area contributed by atoms with Crippen LogP contribution in [0.5, 0.6) is 0 Å². The molecule has 0 N–H and O–H groups in total. The minimum atomic E-state index is -4.05. The molecule has 0 bridgehead atoms. The smallest absolute Gasteiger partial charge is 0.171 e. The minimum Gasteiger partial charge on any atom is -0.227 e. The SMILES string of the molecule is N#Cc1ccc(C(C=Cc2ccc(F)cc2)S(=O)(=O)C(C=Cc2ccc(F)cc2)c2ccc(C#N)cc2)cc1. The Bertz CT molecular complexity index is 1560. The van der Waals surface area contributed by atoms with E-state index in [1.807, 2.05) is 12.1 Å². The van der Waals surface area contributed by atoms with Gasteiger partial charge in [-0.2, -0.15) is 10.5 Å². The van der Waals surface area contributed by atoms with Crippen molar-refractivity contribution >= 4 is 22.0 Å². The maximum atomic E-state index is 14.3. The van der Waals surface area contributed by atoms with Crippen molar-refractivity contribution in [2.24, 2.45) is 0 Å². The molecule has 39 heavy (non-hydrogen) atoms. The standard InChI is InChI=1S/C32H22F2N2O2S/c33-29-15-5-23(6-16-29)9-19-31(27-11-1-25(21-35)2-12-27)39(37,38)32(28-13-3-26(22-36)4-14-28)20-10-24-7-17-30(34)18-8-24/h1-20,31-32H. The summed E-state index contributed by atoms with van der Waals surface area (Å²) in [5, 5.41) is 16.2. The van der Waals surface area contributed by atoms with Crippen molar-refractivity contribution in [2.75, 3.05) is 0 Å². The first-order valence-corrected chi connectivity index (χ1v) is 13.5. The molecule has 0 radical (unpaired) electrons. The van der Waals surface area contributed by atoms with Crippen LogP contribution in [0.15, 0.2) is 109 Å². The van der Waals surface area contributed by atoms with Gasteiger partial charge in [-0.25, -0.2) is 17.2 Å². The lowest BCUT2D eigenvalue weighted by Gasteiger charge is -2.22. The maximum Gasteiger partial charge on any atom is 0.171 e. The van der Waals surface area contributed by atoms with Gasteiger partial charge in [0.25, 0.3) is 0 Å². The molecule has 7 heteroatoms. The van der Waals surface area contributed by atoms with Gasteiger partial charge in [-0.1, -0.05) is 72.8 Å². The summed E-state index contributed by atoms with van der Waals surface area (Å²) in [6.07, 6.45) is 6.29. The van der Waals surface area contributed by atoms with Gasteiger partial charge < -0.3 is 0 Å². The van der Waals surface area contributed by atoms with E-state index in [0.717, 1.165) is 0 Å². The van der Waals surface area contributed by atoms with Gasteiger partial charge in [0.05, 0.1) is 23.3 Å². The largest absolute Gasteiger partial charge is 0.227 e. The van der Waals surface area contributed by atoms with Crippen molar-refractivity contribution in [1.82, 2.24) is 0 Å². The normalized spacial score (nSPS) is 13.1. The minimum absolute atomic E-state index is 0.386. The maximum absolute atomic E-state index is 14.3. The van der Waals surface area contributed by atoms with E-state index in [4.69, 9.17) is 0 Å². The third kappa shape index (κ3) is 6.73. The van der Waals surface area contributed by atoms with Gasteiger partial charge in [-0.05, 0) is 70.8 Å². The number of rotatable bonds is 8. The van der Waals surface area contributed by atoms with Gasteiger partial charge in [0.15, 0.2) is 9.84 Å².